The smallest absolute Gasteiger partial charge is 0.271 e. The number of nitrogens with zero attached hydrogens (tertiary/aromatic N) is 3. The Balaban J connectivity index is 1.62. The molecule has 0 saturated carbocycles. The van der Waals surface area contributed by atoms with Gasteiger partial charge in [0.2, 0.25) is 5.89 Å². The summed E-state index contributed by atoms with van der Waals surface area (Å²) in [7, 11) is 0. The Labute approximate surface area is 139 Å². The van der Waals surface area contributed by atoms with Crippen LogP contribution in [0.2, 0.25) is 0 Å². The van der Waals surface area contributed by atoms with E-state index in [4.69, 9.17) is 4.42 Å². The average Bonchev–Trinajstić information content (AvgIpc) is 3.21. The predicted octanol–water partition coefficient (Wildman–Crippen LogP) is 2.39. The van der Waals surface area contributed by atoms with Crippen LogP contribution in [0.4, 0.5) is 0 Å². The molecule has 0 radical (unpaired) electrons. The lowest BCUT2D eigenvalue weighted by Gasteiger charge is -2.09. The molecule has 0 aliphatic heterocycles. The van der Waals surface area contributed by atoms with Crippen molar-refractivity contribution in [1.82, 2.24) is 19.7 Å². The highest BCUT2D eigenvalue weighted by Crippen LogP contribution is 2.19. The van der Waals surface area contributed by atoms with Crippen LogP contribution in [-0.4, -0.2) is 20.3 Å². The van der Waals surface area contributed by atoms with Gasteiger partial charge in [0.1, 0.15) is 17.1 Å². The van der Waals surface area contributed by atoms with Crippen molar-refractivity contribution in [1.29, 1.82) is 0 Å². The van der Waals surface area contributed by atoms with E-state index in [1.54, 1.807) is 24.6 Å². The maximum atomic E-state index is 12.4. The summed E-state index contributed by atoms with van der Waals surface area (Å²) in [4.78, 5) is 33.7. The van der Waals surface area contributed by atoms with Crippen LogP contribution in [0.5, 0.6) is 0 Å². The van der Waals surface area contributed by atoms with Crippen molar-refractivity contribution in [2.75, 3.05) is 0 Å². The molecule has 1 unspecified atom stereocenters. The summed E-state index contributed by atoms with van der Waals surface area (Å²) in [5, 5.41) is 4.47. The van der Waals surface area contributed by atoms with Crippen molar-refractivity contribution in [3.05, 3.63) is 63.8 Å². The molecule has 3 aromatic heterocycles. The minimum atomic E-state index is -0.511. The molecule has 0 aliphatic rings. The highest BCUT2D eigenvalue weighted by molar-refractivity contribution is 7.15. The van der Waals surface area contributed by atoms with E-state index in [0.717, 1.165) is 5.52 Å². The number of fused-ring (bicyclic) bond motifs is 2. The Morgan fingerprint density at radius 2 is 2.21 bits per heavy atom. The normalized spacial score (nSPS) is 12.5. The molecule has 0 saturated heterocycles. The second-order valence-corrected chi connectivity index (χ2v) is 6.12. The first-order valence-electron chi connectivity index (χ1n) is 7.24. The molecule has 7 nitrogen and oxygen atoms in total. The molecule has 1 atom stereocenters. The molecule has 0 aliphatic carbocycles. The third-order valence-corrected chi connectivity index (χ3v) is 4.39. The summed E-state index contributed by atoms with van der Waals surface area (Å²) in [6.07, 6.45) is 2.89. The van der Waals surface area contributed by atoms with Crippen LogP contribution in [0.25, 0.3) is 16.1 Å². The number of thiazole rings is 1. The summed E-state index contributed by atoms with van der Waals surface area (Å²) >= 11 is 1.33. The number of hydrogen-bond donors (Lipinski definition) is 1. The first kappa shape index (κ1) is 14.6. The van der Waals surface area contributed by atoms with E-state index in [1.165, 1.54) is 21.9 Å². The van der Waals surface area contributed by atoms with Crippen LogP contribution in [0.3, 0.4) is 0 Å². The SMILES string of the molecule is CC(NC(=O)c1cnc2sccn2c1=O)c1nc2ccccc2o1. The van der Waals surface area contributed by atoms with Crippen LogP contribution in [0.1, 0.15) is 29.2 Å². The van der Waals surface area contributed by atoms with Gasteiger partial charge in [-0.05, 0) is 19.1 Å². The van der Waals surface area contributed by atoms with Crippen LogP contribution >= 0.6 is 11.3 Å². The molecular weight excluding hydrogens is 328 g/mol. The van der Waals surface area contributed by atoms with Gasteiger partial charge in [-0.25, -0.2) is 9.97 Å². The van der Waals surface area contributed by atoms with Gasteiger partial charge in [0.15, 0.2) is 10.5 Å². The number of oxazole rings is 1. The third kappa shape index (κ3) is 2.37. The molecule has 0 fully saturated rings. The standard InChI is InChI=1S/C16H12N4O3S/c1-9(14-19-11-4-2-3-5-12(11)23-14)18-13(21)10-8-17-16-20(15(10)22)6-7-24-16/h2-9H,1H3,(H,18,21). The fraction of sp³-hybridized carbons (Fsp3) is 0.125. The molecule has 24 heavy (non-hydrogen) atoms. The van der Waals surface area contributed by atoms with Gasteiger partial charge >= 0.3 is 0 Å². The molecule has 1 amide bonds. The lowest BCUT2D eigenvalue weighted by Crippen LogP contribution is -2.33. The summed E-state index contributed by atoms with van der Waals surface area (Å²) in [5.41, 5.74) is 0.947. The molecule has 0 bridgehead atoms. The average molecular weight is 340 g/mol. The molecule has 1 N–H and O–H groups in total. The maximum Gasteiger partial charge on any atom is 0.271 e. The zero-order chi connectivity index (χ0) is 16.7. The Morgan fingerprint density at radius 3 is 3.04 bits per heavy atom. The quantitative estimate of drug-likeness (QED) is 0.618. The molecule has 8 heteroatoms. The molecule has 1 aromatic carbocycles. The van der Waals surface area contributed by atoms with Crippen LogP contribution in [0, 0.1) is 0 Å². The second-order valence-electron chi connectivity index (χ2n) is 5.25. The maximum absolute atomic E-state index is 12.4. The largest absolute Gasteiger partial charge is 0.438 e. The van der Waals surface area contributed by atoms with Crippen LogP contribution < -0.4 is 10.9 Å². The highest BCUT2D eigenvalue weighted by atomic mass is 32.1. The Bertz CT molecular complexity index is 1080. The number of carbonyl (C=O) groups is 1. The van der Waals surface area contributed by atoms with Crippen molar-refractivity contribution in [3.8, 4) is 0 Å². The number of para-hydroxylation sites is 2. The van der Waals surface area contributed by atoms with Crippen LogP contribution in [0.15, 0.2) is 51.3 Å². The second kappa shape index (κ2) is 5.57. The van der Waals surface area contributed by atoms with Gasteiger partial charge in [-0.15, -0.1) is 11.3 Å². The number of rotatable bonds is 3. The minimum absolute atomic E-state index is 0.0196. The Morgan fingerprint density at radius 1 is 1.38 bits per heavy atom. The number of hydrogen-bond acceptors (Lipinski definition) is 6. The predicted molar refractivity (Wildman–Crippen MR) is 89.2 cm³/mol. The highest BCUT2D eigenvalue weighted by Gasteiger charge is 2.19. The fourth-order valence-corrected chi connectivity index (χ4v) is 3.07. The lowest BCUT2D eigenvalue weighted by molar-refractivity contribution is 0.0932. The number of nitrogens with one attached hydrogen (secondary N) is 1. The van der Waals surface area contributed by atoms with Crippen molar-refractivity contribution >= 4 is 33.3 Å². The van der Waals surface area contributed by atoms with E-state index in [1.807, 2.05) is 18.2 Å². The van der Waals surface area contributed by atoms with Crippen molar-refractivity contribution < 1.29 is 9.21 Å². The van der Waals surface area contributed by atoms with E-state index in [2.05, 4.69) is 15.3 Å². The molecular formula is C16H12N4O3S. The number of amides is 1. The first-order chi connectivity index (χ1) is 11.6. The van der Waals surface area contributed by atoms with Gasteiger partial charge in [-0.2, -0.15) is 0 Å². The van der Waals surface area contributed by atoms with Gasteiger partial charge in [0.05, 0.1) is 0 Å². The lowest BCUT2D eigenvalue weighted by atomic mass is 10.2. The van der Waals surface area contributed by atoms with Gasteiger partial charge in [0.25, 0.3) is 11.5 Å². The summed E-state index contributed by atoms with van der Waals surface area (Å²) in [6, 6.07) is 6.87. The zero-order valence-electron chi connectivity index (χ0n) is 12.6. The summed E-state index contributed by atoms with van der Waals surface area (Å²) in [5.74, 6) is -0.128. The van der Waals surface area contributed by atoms with Gasteiger partial charge in [-0.3, -0.25) is 14.0 Å². The van der Waals surface area contributed by atoms with E-state index in [-0.39, 0.29) is 5.56 Å². The summed E-state index contributed by atoms with van der Waals surface area (Å²) in [6.45, 7) is 1.75. The molecule has 0 spiro atoms. The van der Waals surface area contributed by atoms with Gasteiger partial charge < -0.3 is 9.73 Å². The minimum Gasteiger partial charge on any atom is -0.438 e. The van der Waals surface area contributed by atoms with Gasteiger partial charge in [0, 0.05) is 17.8 Å². The van der Waals surface area contributed by atoms with E-state index in [0.29, 0.717) is 16.4 Å². The van der Waals surface area contributed by atoms with E-state index >= 15 is 0 Å². The van der Waals surface area contributed by atoms with Crippen LogP contribution in [-0.2, 0) is 0 Å². The molecule has 120 valence electrons. The fourth-order valence-electron chi connectivity index (χ4n) is 2.39. The molecule has 4 rings (SSSR count). The first-order valence-corrected chi connectivity index (χ1v) is 8.12. The number of carbonyl (C=O) groups excluding carboxylic acids is 1. The van der Waals surface area contributed by atoms with Crippen molar-refractivity contribution in [2.45, 2.75) is 13.0 Å². The number of aromatic nitrogens is 3. The Hall–Kier alpha value is -3.00. The third-order valence-electron chi connectivity index (χ3n) is 3.62. The van der Waals surface area contributed by atoms with Gasteiger partial charge in [-0.1, -0.05) is 12.1 Å². The van der Waals surface area contributed by atoms with E-state index < -0.39 is 17.5 Å². The van der Waals surface area contributed by atoms with E-state index in [9.17, 15) is 9.59 Å². The summed E-state index contributed by atoms with van der Waals surface area (Å²) < 4.78 is 6.98. The van der Waals surface area contributed by atoms with Crippen molar-refractivity contribution in [2.24, 2.45) is 0 Å². The molecule has 3 heterocycles. The number of benzene rings is 1. The topological polar surface area (TPSA) is 89.5 Å². The monoisotopic (exact) mass is 340 g/mol. The van der Waals surface area contributed by atoms with Crippen molar-refractivity contribution in [3.63, 3.8) is 0 Å². The zero-order valence-corrected chi connectivity index (χ0v) is 13.4. The Kier molecular flexibility index (Phi) is 3.39. The molecule has 4 aromatic rings.